The predicted octanol–water partition coefficient (Wildman–Crippen LogP) is 3.73. The number of phenolic OH excluding ortho intramolecular Hbond substituents is 1. The van der Waals surface area contributed by atoms with Crippen LogP contribution in [0, 0.1) is 0 Å². The number of anilines is 1. The number of hydrogen-bond acceptors (Lipinski definition) is 3. The van der Waals surface area contributed by atoms with Crippen LogP contribution in [0.1, 0.15) is 27.6 Å². The van der Waals surface area contributed by atoms with Gasteiger partial charge in [-0.3, -0.25) is 4.79 Å². The molecule has 0 aromatic heterocycles. The summed E-state index contributed by atoms with van der Waals surface area (Å²) in [6.07, 6.45) is -0.884. The lowest BCUT2D eigenvalue weighted by molar-refractivity contribution is 0.102. The highest BCUT2D eigenvalue weighted by molar-refractivity contribution is 6.04. The summed E-state index contributed by atoms with van der Waals surface area (Å²) in [6.45, 7) is 0. The number of rotatable bonds is 4. The first-order chi connectivity index (χ1) is 11.6. The average Bonchev–Trinajstić information content (AvgIpc) is 2.62. The number of carbonyl (C=O) groups excluding carboxylic acids is 1. The van der Waals surface area contributed by atoms with Crippen molar-refractivity contribution >= 4 is 11.6 Å². The van der Waals surface area contributed by atoms with Gasteiger partial charge in [0, 0.05) is 17.3 Å². The van der Waals surface area contributed by atoms with Gasteiger partial charge in [0.25, 0.3) is 5.91 Å². The van der Waals surface area contributed by atoms with Gasteiger partial charge in [-0.2, -0.15) is 0 Å². The third-order valence-corrected chi connectivity index (χ3v) is 3.66. The molecule has 3 aromatic rings. The van der Waals surface area contributed by atoms with Crippen LogP contribution in [0.4, 0.5) is 5.69 Å². The molecule has 4 nitrogen and oxygen atoms in total. The lowest BCUT2D eigenvalue weighted by atomic mass is 10.0. The van der Waals surface area contributed by atoms with E-state index in [-0.39, 0.29) is 11.7 Å². The van der Waals surface area contributed by atoms with Crippen LogP contribution in [-0.4, -0.2) is 16.1 Å². The van der Waals surface area contributed by atoms with E-state index in [9.17, 15) is 15.0 Å². The molecular formula is C20H17NO3. The Morgan fingerprint density at radius 3 is 2.12 bits per heavy atom. The van der Waals surface area contributed by atoms with E-state index in [2.05, 4.69) is 5.32 Å². The van der Waals surface area contributed by atoms with Crippen LogP contribution in [0.15, 0.2) is 78.9 Å². The number of benzene rings is 3. The van der Waals surface area contributed by atoms with Crippen molar-refractivity contribution in [3.63, 3.8) is 0 Å². The van der Waals surface area contributed by atoms with E-state index in [1.54, 1.807) is 42.5 Å². The number of aromatic hydroxyl groups is 1. The molecule has 3 rings (SSSR count). The molecular weight excluding hydrogens is 302 g/mol. The van der Waals surface area contributed by atoms with E-state index in [1.807, 2.05) is 24.3 Å². The maximum atomic E-state index is 12.2. The van der Waals surface area contributed by atoms with E-state index >= 15 is 0 Å². The molecule has 0 heterocycles. The Hall–Kier alpha value is -3.11. The summed E-state index contributed by atoms with van der Waals surface area (Å²) in [6, 6.07) is 22.5. The van der Waals surface area contributed by atoms with Crippen LogP contribution in [0.3, 0.4) is 0 Å². The lowest BCUT2D eigenvalue weighted by Gasteiger charge is -2.14. The smallest absolute Gasteiger partial charge is 0.255 e. The highest BCUT2D eigenvalue weighted by atomic mass is 16.3. The molecule has 3 N–H and O–H groups in total. The molecule has 0 radical (unpaired) electrons. The summed E-state index contributed by atoms with van der Waals surface area (Å²) in [4.78, 5) is 12.2. The normalized spacial score (nSPS) is 11.7. The van der Waals surface area contributed by atoms with Gasteiger partial charge in [-0.1, -0.05) is 48.5 Å². The third-order valence-electron chi connectivity index (χ3n) is 3.66. The Morgan fingerprint density at radius 1 is 0.833 bits per heavy atom. The lowest BCUT2D eigenvalue weighted by Crippen LogP contribution is -2.12. The van der Waals surface area contributed by atoms with Crippen molar-refractivity contribution in [3.05, 3.63) is 95.6 Å². The summed E-state index contributed by atoms with van der Waals surface area (Å²) in [5.41, 5.74) is 2.16. The molecule has 0 aliphatic heterocycles. The first kappa shape index (κ1) is 15.8. The second kappa shape index (κ2) is 6.98. The van der Waals surface area contributed by atoms with Crippen molar-refractivity contribution in [2.75, 3.05) is 5.32 Å². The molecule has 1 unspecified atom stereocenters. The first-order valence-electron chi connectivity index (χ1n) is 7.57. The van der Waals surface area contributed by atoms with Crippen molar-refractivity contribution in [2.24, 2.45) is 0 Å². The van der Waals surface area contributed by atoms with Gasteiger partial charge < -0.3 is 15.5 Å². The number of amides is 1. The molecule has 0 spiro atoms. The molecule has 0 bridgehead atoms. The molecule has 3 aromatic carbocycles. The zero-order chi connectivity index (χ0) is 16.9. The number of aliphatic hydroxyl groups is 1. The third kappa shape index (κ3) is 3.62. The van der Waals surface area contributed by atoms with Crippen molar-refractivity contribution < 1.29 is 15.0 Å². The Bertz CT molecular complexity index is 832. The van der Waals surface area contributed by atoms with Crippen molar-refractivity contribution in [2.45, 2.75) is 6.10 Å². The highest BCUT2D eigenvalue weighted by Gasteiger charge is 2.13. The maximum Gasteiger partial charge on any atom is 0.255 e. The molecule has 0 aliphatic carbocycles. The van der Waals surface area contributed by atoms with E-state index in [4.69, 9.17) is 0 Å². The topological polar surface area (TPSA) is 69.6 Å². The van der Waals surface area contributed by atoms with Crippen LogP contribution in [0.2, 0.25) is 0 Å². The van der Waals surface area contributed by atoms with Crippen LogP contribution >= 0.6 is 0 Å². The molecule has 0 fully saturated rings. The molecule has 4 heteroatoms. The van der Waals surface area contributed by atoms with Gasteiger partial charge >= 0.3 is 0 Å². The monoisotopic (exact) mass is 319 g/mol. The minimum Gasteiger partial charge on any atom is -0.508 e. The molecule has 1 amide bonds. The SMILES string of the molecule is O=C(Nc1cc(O)cc(C(O)c2ccccc2)c1)c1ccccc1. The van der Waals surface area contributed by atoms with E-state index in [0.717, 1.165) is 0 Å². The minimum absolute atomic E-state index is 0.0224. The van der Waals surface area contributed by atoms with E-state index in [1.165, 1.54) is 12.1 Å². The van der Waals surface area contributed by atoms with Crippen LogP contribution in [-0.2, 0) is 0 Å². The number of nitrogens with one attached hydrogen (secondary N) is 1. The standard InChI is InChI=1S/C20H17NO3/c22-18-12-16(19(23)14-7-3-1-4-8-14)11-17(13-18)21-20(24)15-9-5-2-6-10-15/h1-13,19,22-23H,(H,21,24). The zero-order valence-electron chi connectivity index (χ0n) is 12.9. The fourth-order valence-corrected chi connectivity index (χ4v) is 2.49. The highest BCUT2D eigenvalue weighted by Crippen LogP contribution is 2.28. The number of phenols is 1. The van der Waals surface area contributed by atoms with Gasteiger partial charge in [0.1, 0.15) is 11.9 Å². The summed E-state index contributed by atoms with van der Waals surface area (Å²) >= 11 is 0. The molecule has 1 atom stereocenters. The van der Waals surface area contributed by atoms with Crippen molar-refractivity contribution in [1.82, 2.24) is 0 Å². The van der Waals surface area contributed by atoms with Crippen molar-refractivity contribution in [3.8, 4) is 5.75 Å². The zero-order valence-corrected chi connectivity index (χ0v) is 12.9. The van der Waals surface area contributed by atoms with Gasteiger partial charge in [0.05, 0.1) is 0 Å². The quantitative estimate of drug-likeness (QED) is 0.686. The molecule has 0 saturated heterocycles. The van der Waals surface area contributed by atoms with Gasteiger partial charge in [0.2, 0.25) is 0 Å². The number of aliphatic hydroxyl groups excluding tert-OH is 1. The van der Waals surface area contributed by atoms with Gasteiger partial charge in [-0.05, 0) is 35.4 Å². The van der Waals surface area contributed by atoms with Crippen molar-refractivity contribution in [1.29, 1.82) is 0 Å². The average molecular weight is 319 g/mol. The van der Waals surface area contributed by atoms with Crippen LogP contribution in [0.25, 0.3) is 0 Å². The number of carbonyl (C=O) groups is 1. The summed E-state index contributed by atoms with van der Waals surface area (Å²) < 4.78 is 0. The van der Waals surface area contributed by atoms with Gasteiger partial charge in [-0.25, -0.2) is 0 Å². The largest absolute Gasteiger partial charge is 0.508 e. The van der Waals surface area contributed by atoms with Crippen LogP contribution < -0.4 is 5.32 Å². The molecule has 24 heavy (non-hydrogen) atoms. The maximum absolute atomic E-state index is 12.2. The Morgan fingerprint density at radius 2 is 1.46 bits per heavy atom. The van der Waals surface area contributed by atoms with Crippen LogP contribution in [0.5, 0.6) is 5.75 Å². The van der Waals surface area contributed by atoms with E-state index < -0.39 is 6.10 Å². The molecule has 120 valence electrons. The Balaban J connectivity index is 1.85. The Labute approximate surface area is 140 Å². The van der Waals surface area contributed by atoms with Gasteiger partial charge in [-0.15, -0.1) is 0 Å². The minimum atomic E-state index is -0.884. The van der Waals surface area contributed by atoms with E-state index in [0.29, 0.717) is 22.4 Å². The predicted molar refractivity (Wildman–Crippen MR) is 93.0 cm³/mol. The fraction of sp³-hybridized carbons (Fsp3) is 0.0500. The number of hydrogen-bond donors (Lipinski definition) is 3. The molecule has 0 saturated carbocycles. The Kier molecular flexibility index (Phi) is 4.59. The second-order valence-corrected chi connectivity index (χ2v) is 5.45. The molecule has 0 aliphatic rings. The summed E-state index contributed by atoms with van der Waals surface area (Å²) in [7, 11) is 0. The summed E-state index contributed by atoms with van der Waals surface area (Å²) in [5, 5.41) is 23.1. The first-order valence-corrected chi connectivity index (χ1v) is 7.57. The van der Waals surface area contributed by atoms with Gasteiger partial charge in [0.15, 0.2) is 0 Å². The summed E-state index contributed by atoms with van der Waals surface area (Å²) in [5.74, 6) is -0.299. The second-order valence-electron chi connectivity index (χ2n) is 5.45. The fourth-order valence-electron chi connectivity index (χ4n) is 2.49.